The predicted molar refractivity (Wildman–Crippen MR) is 97.5 cm³/mol. The molecule has 0 bridgehead atoms. The van der Waals surface area contributed by atoms with E-state index in [0.29, 0.717) is 5.75 Å². The molecule has 0 spiro atoms. The van der Waals surface area contributed by atoms with Crippen LogP contribution in [0.1, 0.15) is 36.0 Å². The molecule has 1 aliphatic heterocycles. The zero-order chi connectivity index (χ0) is 19.5. The first kappa shape index (κ1) is 18.3. The highest BCUT2D eigenvalue weighted by Crippen LogP contribution is 2.36. The van der Waals surface area contributed by atoms with Crippen LogP contribution >= 0.6 is 0 Å². The number of fused-ring (bicyclic) bond motifs is 1. The van der Waals surface area contributed by atoms with Crippen LogP contribution in [0.4, 0.5) is 4.39 Å². The maximum atomic E-state index is 13.7. The Morgan fingerprint density at radius 1 is 1.18 bits per heavy atom. The molecule has 0 radical (unpaired) electrons. The Hall–Kier alpha value is -3.03. The van der Waals surface area contributed by atoms with Gasteiger partial charge in [0.25, 0.3) is 5.91 Å². The second-order valence-electron chi connectivity index (χ2n) is 6.80. The van der Waals surface area contributed by atoms with E-state index in [2.05, 4.69) is 10.3 Å². The summed E-state index contributed by atoms with van der Waals surface area (Å²) in [4.78, 5) is 16.1. The second-order valence-corrected chi connectivity index (χ2v) is 6.80. The van der Waals surface area contributed by atoms with Gasteiger partial charge in [-0.25, -0.2) is 9.37 Å². The lowest BCUT2D eigenvalue weighted by Gasteiger charge is -2.29. The third-order valence-electron chi connectivity index (χ3n) is 4.92. The third-order valence-corrected chi connectivity index (χ3v) is 4.92. The van der Waals surface area contributed by atoms with Gasteiger partial charge in [0, 0.05) is 18.3 Å². The smallest absolute Gasteiger partial charge is 0.253 e. The molecule has 2 aromatic rings. The maximum absolute atomic E-state index is 13.7. The molecule has 1 saturated carbocycles. The number of pyridine rings is 1. The normalized spacial score (nSPS) is 20.5. The molecule has 2 aliphatic rings. The molecule has 1 aromatic heterocycles. The summed E-state index contributed by atoms with van der Waals surface area (Å²) >= 11 is 0. The fourth-order valence-electron chi connectivity index (χ4n) is 3.44. The first-order chi connectivity index (χ1) is 13.6. The van der Waals surface area contributed by atoms with Crippen molar-refractivity contribution in [3.05, 3.63) is 41.8 Å². The highest BCUT2D eigenvalue weighted by Gasteiger charge is 2.25. The number of ether oxygens (including phenoxy) is 4. The predicted octanol–water partition coefficient (Wildman–Crippen LogP) is 3.08. The van der Waals surface area contributed by atoms with Gasteiger partial charge in [0.2, 0.25) is 12.7 Å². The van der Waals surface area contributed by atoms with E-state index >= 15 is 0 Å². The van der Waals surface area contributed by atoms with Gasteiger partial charge in [-0.15, -0.1) is 0 Å². The SMILES string of the molecule is COc1ncc(C(=O)NC2CCC(Oc3ccc4c(c3)OCO4)CC2)cc1F. The number of benzene rings is 1. The molecule has 4 rings (SSSR count). The summed E-state index contributed by atoms with van der Waals surface area (Å²) in [6, 6.07) is 6.70. The van der Waals surface area contributed by atoms with E-state index in [1.165, 1.54) is 13.3 Å². The molecule has 1 N–H and O–H groups in total. The van der Waals surface area contributed by atoms with Crippen molar-refractivity contribution in [3.63, 3.8) is 0 Å². The number of methoxy groups -OCH3 is 1. The number of aromatic nitrogens is 1. The Labute approximate surface area is 161 Å². The number of hydrogen-bond donors (Lipinski definition) is 1. The molecule has 0 unspecified atom stereocenters. The van der Waals surface area contributed by atoms with Gasteiger partial charge in [-0.05, 0) is 43.9 Å². The van der Waals surface area contributed by atoms with E-state index in [4.69, 9.17) is 18.9 Å². The molecular weight excluding hydrogens is 367 g/mol. The molecule has 8 heteroatoms. The number of nitrogens with zero attached hydrogens (tertiary/aromatic N) is 1. The van der Waals surface area contributed by atoms with Gasteiger partial charge in [-0.3, -0.25) is 4.79 Å². The van der Waals surface area contributed by atoms with Gasteiger partial charge in [-0.2, -0.15) is 0 Å². The van der Waals surface area contributed by atoms with E-state index < -0.39 is 5.82 Å². The Balaban J connectivity index is 1.28. The van der Waals surface area contributed by atoms with Gasteiger partial charge in [0.1, 0.15) is 5.75 Å². The molecule has 28 heavy (non-hydrogen) atoms. The topological polar surface area (TPSA) is 78.9 Å². The zero-order valence-electron chi connectivity index (χ0n) is 15.4. The number of rotatable bonds is 5. The molecule has 0 atom stereocenters. The summed E-state index contributed by atoms with van der Waals surface area (Å²) in [5.74, 6) is 1.04. The highest BCUT2D eigenvalue weighted by molar-refractivity contribution is 5.94. The summed E-state index contributed by atoms with van der Waals surface area (Å²) in [7, 11) is 1.33. The average molecular weight is 388 g/mol. The fourth-order valence-corrected chi connectivity index (χ4v) is 3.44. The van der Waals surface area contributed by atoms with Crippen LogP contribution in [-0.2, 0) is 0 Å². The quantitative estimate of drug-likeness (QED) is 0.848. The minimum absolute atomic E-state index is 0.0225. The summed E-state index contributed by atoms with van der Waals surface area (Å²) in [6.07, 6.45) is 4.59. The highest BCUT2D eigenvalue weighted by atomic mass is 19.1. The van der Waals surface area contributed by atoms with Crippen LogP contribution in [0.15, 0.2) is 30.5 Å². The molecule has 0 saturated heterocycles. The molecule has 7 nitrogen and oxygen atoms in total. The average Bonchev–Trinajstić information content (AvgIpc) is 3.17. The number of carbonyl (C=O) groups is 1. The number of amides is 1. The van der Waals surface area contributed by atoms with Crippen molar-refractivity contribution in [2.45, 2.75) is 37.8 Å². The number of halogens is 1. The van der Waals surface area contributed by atoms with E-state index in [0.717, 1.165) is 43.2 Å². The van der Waals surface area contributed by atoms with Gasteiger partial charge in [0.05, 0.1) is 18.8 Å². The van der Waals surface area contributed by atoms with Crippen LogP contribution in [0, 0.1) is 5.82 Å². The van der Waals surface area contributed by atoms with Gasteiger partial charge >= 0.3 is 0 Å². The Morgan fingerprint density at radius 2 is 1.96 bits per heavy atom. The first-order valence-corrected chi connectivity index (χ1v) is 9.19. The summed E-state index contributed by atoms with van der Waals surface area (Å²) < 4.78 is 35.2. The first-order valence-electron chi connectivity index (χ1n) is 9.19. The molecule has 2 heterocycles. The summed E-state index contributed by atoms with van der Waals surface area (Å²) in [6.45, 7) is 0.233. The van der Waals surface area contributed by atoms with Crippen molar-refractivity contribution >= 4 is 5.91 Å². The summed E-state index contributed by atoms with van der Waals surface area (Å²) in [5.41, 5.74) is 0.178. The van der Waals surface area contributed by atoms with Crippen LogP contribution in [0.3, 0.4) is 0 Å². The van der Waals surface area contributed by atoms with Crippen molar-refractivity contribution in [3.8, 4) is 23.1 Å². The largest absolute Gasteiger partial charge is 0.490 e. The van der Waals surface area contributed by atoms with Crippen LogP contribution in [0.2, 0.25) is 0 Å². The molecule has 1 aliphatic carbocycles. The molecule has 1 amide bonds. The lowest BCUT2D eigenvalue weighted by Crippen LogP contribution is -2.39. The van der Waals surface area contributed by atoms with E-state index in [-0.39, 0.29) is 36.3 Å². The lowest BCUT2D eigenvalue weighted by molar-refractivity contribution is 0.0892. The van der Waals surface area contributed by atoms with Crippen molar-refractivity contribution < 1.29 is 28.1 Å². The number of nitrogens with one attached hydrogen (secondary N) is 1. The van der Waals surface area contributed by atoms with Crippen LogP contribution in [-0.4, -0.2) is 36.9 Å². The van der Waals surface area contributed by atoms with E-state index in [1.54, 1.807) is 0 Å². The Bertz CT molecular complexity index is 868. The Morgan fingerprint density at radius 3 is 2.71 bits per heavy atom. The number of hydrogen-bond acceptors (Lipinski definition) is 6. The van der Waals surface area contributed by atoms with Gasteiger partial charge in [0.15, 0.2) is 17.3 Å². The van der Waals surface area contributed by atoms with Crippen molar-refractivity contribution in [2.75, 3.05) is 13.9 Å². The van der Waals surface area contributed by atoms with Crippen molar-refractivity contribution in [1.29, 1.82) is 0 Å². The minimum atomic E-state index is -0.656. The second kappa shape index (κ2) is 7.92. The fraction of sp³-hybridized carbons (Fsp3) is 0.400. The molecule has 148 valence electrons. The van der Waals surface area contributed by atoms with Crippen LogP contribution in [0.5, 0.6) is 23.1 Å². The van der Waals surface area contributed by atoms with Gasteiger partial charge in [-0.1, -0.05) is 0 Å². The van der Waals surface area contributed by atoms with Crippen LogP contribution < -0.4 is 24.3 Å². The maximum Gasteiger partial charge on any atom is 0.253 e. The lowest BCUT2D eigenvalue weighted by atomic mass is 9.92. The van der Waals surface area contributed by atoms with Gasteiger partial charge < -0.3 is 24.3 Å². The van der Waals surface area contributed by atoms with Crippen molar-refractivity contribution in [1.82, 2.24) is 10.3 Å². The molecule has 1 aromatic carbocycles. The zero-order valence-corrected chi connectivity index (χ0v) is 15.4. The monoisotopic (exact) mass is 388 g/mol. The third kappa shape index (κ3) is 3.95. The number of carbonyl (C=O) groups excluding carboxylic acids is 1. The Kier molecular flexibility index (Phi) is 5.18. The molecule has 1 fully saturated rings. The summed E-state index contributed by atoms with van der Waals surface area (Å²) in [5, 5.41) is 2.94. The van der Waals surface area contributed by atoms with E-state index in [9.17, 15) is 9.18 Å². The van der Waals surface area contributed by atoms with Crippen LogP contribution in [0.25, 0.3) is 0 Å². The molecular formula is C20H21FN2O5. The van der Waals surface area contributed by atoms with Crippen molar-refractivity contribution in [2.24, 2.45) is 0 Å². The minimum Gasteiger partial charge on any atom is -0.490 e. The standard InChI is InChI=1S/C20H21FN2O5/c1-25-20-16(21)8-12(10-22-20)19(24)23-13-2-4-14(5-3-13)28-15-6-7-17-18(9-15)27-11-26-17/h6-10,13-14H,2-5,11H2,1H3,(H,23,24). The van der Waals surface area contributed by atoms with E-state index in [1.807, 2.05) is 18.2 Å².